The van der Waals surface area contributed by atoms with Gasteiger partial charge in [0.25, 0.3) is 0 Å². The molecule has 0 saturated heterocycles. The zero-order chi connectivity index (χ0) is 17.5. The number of ketones is 1. The second kappa shape index (κ2) is 5.67. The summed E-state index contributed by atoms with van der Waals surface area (Å²) in [4.78, 5) is 37.4. The van der Waals surface area contributed by atoms with Crippen molar-refractivity contribution in [2.75, 3.05) is 14.2 Å². The number of aryl methyl sites for hydroxylation is 1. The maximum Gasteiger partial charge on any atom is 0.329 e. The van der Waals surface area contributed by atoms with E-state index in [0.29, 0.717) is 23.6 Å². The van der Waals surface area contributed by atoms with Crippen LogP contribution >= 0.6 is 0 Å². The van der Waals surface area contributed by atoms with Crippen molar-refractivity contribution in [2.45, 2.75) is 18.4 Å². The Morgan fingerprint density at radius 3 is 2.25 bits per heavy atom. The molecule has 7 heteroatoms. The quantitative estimate of drug-likeness (QED) is 0.475. The molecule has 0 unspecified atom stereocenters. The standard InChI is InChI=1S/C17H18N2O5/c1-18-9-4-5-11(18)14(20)12-6-7-13-17(15(21)23-2,16(22)24-3)8-10-19(12)13/h4-7,9H,8,10H2,1-3H3. The van der Waals surface area contributed by atoms with E-state index in [1.165, 1.54) is 14.2 Å². The average molecular weight is 330 g/mol. The molecule has 3 rings (SSSR count). The SMILES string of the molecule is COC(=O)C1(C(=O)OC)CCn2c(C(=O)c3cccn3C)ccc21. The number of ether oxygens (including phenoxy) is 2. The summed E-state index contributed by atoms with van der Waals surface area (Å²) < 4.78 is 13.1. The molecule has 0 atom stereocenters. The molecule has 0 fully saturated rings. The predicted molar refractivity (Wildman–Crippen MR) is 83.6 cm³/mol. The lowest BCUT2D eigenvalue weighted by Gasteiger charge is -2.22. The van der Waals surface area contributed by atoms with E-state index in [2.05, 4.69) is 0 Å². The first-order valence-corrected chi connectivity index (χ1v) is 7.50. The summed E-state index contributed by atoms with van der Waals surface area (Å²) in [5.41, 5.74) is -0.124. The van der Waals surface area contributed by atoms with Crippen LogP contribution < -0.4 is 0 Å². The summed E-state index contributed by atoms with van der Waals surface area (Å²) in [5.74, 6) is -1.52. The van der Waals surface area contributed by atoms with Crippen LogP contribution in [0.5, 0.6) is 0 Å². The van der Waals surface area contributed by atoms with Crippen LogP contribution in [0.3, 0.4) is 0 Å². The Morgan fingerprint density at radius 1 is 1.04 bits per heavy atom. The number of hydrogen-bond donors (Lipinski definition) is 0. The summed E-state index contributed by atoms with van der Waals surface area (Å²) >= 11 is 0. The smallest absolute Gasteiger partial charge is 0.329 e. The van der Waals surface area contributed by atoms with Crippen molar-refractivity contribution in [1.82, 2.24) is 9.13 Å². The Kier molecular flexibility index (Phi) is 3.79. The molecule has 0 amide bonds. The number of hydrogen-bond acceptors (Lipinski definition) is 5. The third-order valence-electron chi connectivity index (χ3n) is 4.61. The zero-order valence-corrected chi connectivity index (χ0v) is 13.7. The Bertz CT molecular complexity index is 814. The molecule has 1 aliphatic heterocycles. The number of fused-ring (bicyclic) bond motifs is 1. The van der Waals surface area contributed by atoms with Crippen LogP contribution in [0.2, 0.25) is 0 Å². The minimum atomic E-state index is -1.52. The fourth-order valence-corrected chi connectivity index (χ4v) is 3.36. The number of aromatic nitrogens is 2. The number of carbonyl (C=O) groups excluding carboxylic acids is 3. The number of carbonyl (C=O) groups is 3. The van der Waals surface area contributed by atoms with Crippen molar-refractivity contribution < 1.29 is 23.9 Å². The molecule has 0 spiro atoms. The molecule has 3 heterocycles. The highest BCUT2D eigenvalue weighted by molar-refractivity contribution is 6.09. The Morgan fingerprint density at radius 2 is 1.71 bits per heavy atom. The predicted octanol–water partition coefficient (Wildman–Crippen LogP) is 1.05. The molecule has 0 bridgehead atoms. The summed E-state index contributed by atoms with van der Waals surface area (Å²) in [6.07, 6.45) is 1.99. The van der Waals surface area contributed by atoms with Crippen molar-refractivity contribution in [3.05, 3.63) is 47.5 Å². The molecule has 126 valence electrons. The maximum atomic E-state index is 12.8. The molecule has 0 N–H and O–H groups in total. The first-order valence-electron chi connectivity index (χ1n) is 7.50. The molecular weight excluding hydrogens is 312 g/mol. The van der Waals surface area contributed by atoms with E-state index in [-0.39, 0.29) is 12.2 Å². The minimum absolute atomic E-state index is 0.167. The summed E-state index contributed by atoms with van der Waals surface area (Å²) in [5, 5.41) is 0. The lowest BCUT2D eigenvalue weighted by molar-refractivity contribution is -0.161. The van der Waals surface area contributed by atoms with Crippen molar-refractivity contribution in [1.29, 1.82) is 0 Å². The van der Waals surface area contributed by atoms with Crippen molar-refractivity contribution in [3.8, 4) is 0 Å². The zero-order valence-electron chi connectivity index (χ0n) is 13.7. The van der Waals surface area contributed by atoms with E-state index in [4.69, 9.17) is 9.47 Å². The molecule has 24 heavy (non-hydrogen) atoms. The van der Waals surface area contributed by atoms with E-state index in [1.54, 1.807) is 46.6 Å². The van der Waals surface area contributed by atoms with Crippen LogP contribution in [0, 0.1) is 0 Å². The third kappa shape index (κ3) is 2.01. The second-order valence-corrected chi connectivity index (χ2v) is 5.73. The van der Waals surface area contributed by atoms with Gasteiger partial charge in [-0.2, -0.15) is 0 Å². The van der Waals surface area contributed by atoms with Gasteiger partial charge < -0.3 is 18.6 Å². The lowest BCUT2D eigenvalue weighted by Crippen LogP contribution is -2.43. The molecule has 2 aromatic rings. The Hall–Kier alpha value is -2.83. The fourth-order valence-electron chi connectivity index (χ4n) is 3.36. The van der Waals surface area contributed by atoms with Gasteiger partial charge in [-0.15, -0.1) is 0 Å². The average Bonchev–Trinajstić information content (AvgIpc) is 3.28. The summed E-state index contributed by atoms with van der Waals surface area (Å²) in [7, 11) is 4.25. The molecule has 1 aliphatic rings. The van der Waals surface area contributed by atoms with E-state index >= 15 is 0 Å². The number of rotatable bonds is 4. The topological polar surface area (TPSA) is 79.5 Å². The van der Waals surface area contributed by atoms with Gasteiger partial charge in [-0.05, 0) is 30.7 Å². The monoisotopic (exact) mass is 330 g/mol. The van der Waals surface area contributed by atoms with Crippen LogP contribution in [0.4, 0.5) is 0 Å². The number of nitrogens with zero attached hydrogens (tertiary/aromatic N) is 2. The van der Waals surface area contributed by atoms with E-state index in [9.17, 15) is 14.4 Å². The molecule has 0 radical (unpaired) electrons. The second-order valence-electron chi connectivity index (χ2n) is 5.73. The van der Waals surface area contributed by atoms with Crippen molar-refractivity contribution >= 4 is 17.7 Å². The van der Waals surface area contributed by atoms with E-state index in [1.807, 2.05) is 0 Å². The third-order valence-corrected chi connectivity index (χ3v) is 4.61. The van der Waals surface area contributed by atoms with Gasteiger partial charge in [0.15, 0.2) is 0 Å². The van der Waals surface area contributed by atoms with Crippen LogP contribution in [-0.4, -0.2) is 41.1 Å². The molecule has 0 aliphatic carbocycles. The molecular formula is C17H18N2O5. The molecule has 0 aromatic carbocycles. The maximum absolute atomic E-state index is 12.8. The fraction of sp³-hybridized carbons (Fsp3) is 0.353. The van der Waals surface area contributed by atoms with Gasteiger partial charge in [-0.1, -0.05) is 0 Å². The van der Waals surface area contributed by atoms with Gasteiger partial charge in [0.05, 0.1) is 25.6 Å². The van der Waals surface area contributed by atoms with Crippen LogP contribution in [0.15, 0.2) is 30.5 Å². The molecule has 2 aromatic heterocycles. The first-order chi connectivity index (χ1) is 11.5. The van der Waals surface area contributed by atoms with Gasteiger partial charge in [-0.3, -0.25) is 14.4 Å². The largest absolute Gasteiger partial charge is 0.468 e. The van der Waals surface area contributed by atoms with Gasteiger partial charge in [0, 0.05) is 25.5 Å². The lowest BCUT2D eigenvalue weighted by atomic mass is 9.83. The van der Waals surface area contributed by atoms with E-state index < -0.39 is 17.4 Å². The van der Waals surface area contributed by atoms with Crippen LogP contribution in [0.1, 0.15) is 28.3 Å². The van der Waals surface area contributed by atoms with Gasteiger partial charge in [0.1, 0.15) is 0 Å². The summed E-state index contributed by atoms with van der Waals surface area (Å²) in [6.45, 7) is 0.359. The Balaban J connectivity index is 2.10. The van der Waals surface area contributed by atoms with Gasteiger partial charge >= 0.3 is 11.9 Å². The van der Waals surface area contributed by atoms with Gasteiger partial charge in [0.2, 0.25) is 11.2 Å². The normalized spacial score (nSPS) is 15.0. The minimum Gasteiger partial charge on any atom is -0.468 e. The molecule has 7 nitrogen and oxygen atoms in total. The number of esters is 2. The molecule has 0 saturated carbocycles. The first kappa shape index (κ1) is 16.0. The van der Waals surface area contributed by atoms with Crippen molar-refractivity contribution in [2.24, 2.45) is 7.05 Å². The summed E-state index contributed by atoms with van der Waals surface area (Å²) in [6, 6.07) is 6.76. The number of methoxy groups -OCH3 is 2. The van der Waals surface area contributed by atoms with Crippen LogP contribution in [0.25, 0.3) is 0 Å². The van der Waals surface area contributed by atoms with E-state index in [0.717, 1.165) is 0 Å². The van der Waals surface area contributed by atoms with Gasteiger partial charge in [-0.25, -0.2) is 0 Å². The van der Waals surface area contributed by atoms with Crippen LogP contribution in [-0.2, 0) is 38.1 Å². The highest BCUT2D eigenvalue weighted by Gasteiger charge is 2.55. The highest BCUT2D eigenvalue weighted by Crippen LogP contribution is 2.39. The van der Waals surface area contributed by atoms with Crippen molar-refractivity contribution in [3.63, 3.8) is 0 Å². The highest BCUT2D eigenvalue weighted by atomic mass is 16.5. The Labute approximate surface area is 138 Å².